The Kier molecular flexibility index (Phi) is 6.91. The lowest BCUT2D eigenvalue weighted by molar-refractivity contribution is -0.132. The zero-order valence-corrected chi connectivity index (χ0v) is 20.1. The van der Waals surface area contributed by atoms with E-state index in [2.05, 4.69) is 42.1 Å². The van der Waals surface area contributed by atoms with Crippen molar-refractivity contribution in [3.8, 4) is 11.5 Å². The summed E-state index contributed by atoms with van der Waals surface area (Å²) in [6, 6.07) is 12.3. The predicted molar refractivity (Wildman–Crippen MR) is 133 cm³/mol. The number of hydrogen-bond acceptors (Lipinski definition) is 4. The normalized spacial score (nSPS) is 13.2. The van der Waals surface area contributed by atoms with Crippen molar-refractivity contribution in [1.29, 1.82) is 0 Å². The molecule has 4 rings (SSSR count). The van der Waals surface area contributed by atoms with Crippen molar-refractivity contribution in [2.45, 2.75) is 32.7 Å². The van der Waals surface area contributed by atoms with Gasteiger partial charge in [0.05, 0.1) is 20.6 Å². The van der Waals surface area contributed by atoms with Crippen LogP contribution in [0.1, 0.15) is 36.6 Å². The highest BCUT2D eigenvalue weighted by molar-refractivity contribution is 5.89. The summed E-state index contributed by atoms with van der Waals surface area (Å²) >= 11 is 0. The third-order valence-electron chi connectivity index (χ3n) is 6.15. The molecule has 1 aliphatic rings. The Balaban J connectivity index is 1.38. The van der Waals surface area contributed by atoms with E-state index in [9.17, 15) is 9.59 Å². The molecule has 0 saturated heterocycles. The maximum Gasteiger partial charge on any atom is 0.240 e. The molecule has 1 aromatic heterocycles. The summed E-state index contributed by atoms with van der Waals surface area (Å²) in [5.41, 5.74) is 4.11. The number of benzene rings is 2. The standard InChI is InChI=1S/C27H31N3O4/c1-18(2)30-16-20(22-7-5-6-8-23(22)30)9-11-28-26(31)17-29-12-10-19-13-24(33-3)25(34-4)14-21(19)15-27(29)32/h5-8,10,12-14,16,18H,9,11,15,17H2,1-4H3,(H,28,31). The maximum absolute atomic E-state index is 12.8. The number of fused-ring (bicyclic) bond motifs is 2. The molecule has 7 nitrogen and oxygen atoms in total. The molecule has 0 aliphatic carbocycles. The number of rotatable bonds is 8. The molecule has 0 unspecified atom stereocenters. The summed E-state index contributed by atoms with van der Waals surface area (Å²) < 4.78 is 13.0. The fraction of sp³-hybridized carbons (Fsp3) is 0.333. The first-order chi connectivity index (χ1) is 16.4. The first-order valence-corrected chi connectivity index (χ1v) is 11.5. The number of amides is 2. The SMILES string of the molecule is COc1cc2c(cc1OC)CC(=O)N(CC(=O)NCCc1cn(C(C)C)c3ccccc13)C=C2. The summed E-state index contributed by atoms with van der Waals surface area (Å²) in [5, 5.41) is 4.17. The Morgan fingerprint density at radius 3 is 2.59 bits per heavy atom. The smallest absolute Gasteiger partial charge is 0.240 e. The van der Waals surface area contributed by atoms with E-state index in [0.717, 1.165) is 17.5 Å². The van der Waals surface area contributed by atoms with Gasteiger partial charge in [0.15, 0.2) is 11.5 Å². The molecule has 0 bridgehead atoms. The topological polar surface area (TPSA) is 72.8 Å². The summed E-state index contributed by atoms with van der Waals surface area (Å²) in [6.07, 6.45) is 6.57. The van der Waals surface area contributed by atoms with Crippen LogP contribution in [0, 0.1) is 0 Å². The minimum atomic E-state index is -0.188. The van der Waals surface area contributed by atoms with E-state index >= 15 is 0 Å². The molecule has 178 valence electrons. The van der Waals surface area contributed by atoms with E-state index in [1.54, 1.807) is 20.4 Å². The molecule has 3 aromatic rings. The van der Waals surface area contributed by atoms with Gasteiger partial charge in [0.1, 0.15) is 6.54 Å². The second-order valence-electron chi connectivity index (χ2n) is 8.69. The Bertz CT molecular complexity index is 1240. The highest BCUT2D eigenvalue weighted by Crippen LogP contribution is 2.32. The number of nitrogens with one attached hydrogen (secondary N) is 1. The Hall–Kier alpha value is -3.74. The lowest BCUT2D eigenvalue weighted by atomic mass is 10.0. The molecule has 1 aliphatic heterocycles. The van der Waals surface area contributed by atoms with Crippen LogP contribution in [-0.2, 0) is 22.4 Å². The van der Waals surface area contributed by atoms with Crippen molar-refractivity contribution < 1.29 is 19.1 Å². The minimum Gasteiger partial charge on any atom is -0.493 e. The molecule has 0 radical (unpaired) electrons. The fourth-order valence-corrected chi connectivity index (χ4v) is 4.35. The van der Waals surface area contributed by atoms with E-state index < -0.39 is 0 Å². The molecule has 1 N–H and O–H groups in total. The van der Waals surface area contributed by atoms with Crippen LogP contribution in [0.3, 0.4) is 0 Å². The van der Waals surface area contributed by atoms with Crippen LogP contribution in [-0.4, -0.2) is 48.6 Å². The van der Waals surface area contributed by atoms with E-state index in [1.165, 1.54) is 21.4 Å². The van der Waals surface area contributed by atoms with Gasteiger partial charge in [-0.15, -0.1) is 0 Å². The quantitative estimate of drug-likeness (QED) is 0.551. The largest absolute Gasteiger partial charge is 0.493 e. The van der Waals surface area contributed by atoms with Crippen molar-refractivity contribution in [1.82, 2.24) is 14.8 Å². The molecule has 34 heavy (non-hydrogen) atoms. The van der Waals surface area contributed by atoms with Crippen molar-refractivity contribution in [3.63, 3.8) is 0 Å². The lowest BCUT2D eigenvalue weighted by Gasteiger charge is -2.17. The van der Waals surface area contributed by atoms with Gasteiger partial charge in [-0.05, 0) is 61.2 Å². The third kappa shape index (κ3) is 4.78. The van der Waals surface area contributed by atoms with Gasteiger partial charge < -0.3 is 24.3 Å². The summed E-state index contributed by atoms with van der Waals surface area (Å²) in [7, 11) is 3.14. The number of methoxy groups -OCH3 is 2. The highest BCUT2D eigenvalue weighted by Gasteiger charge is 2.21. The van der Waals surface area contributed by atoms with Crippen LogP contribution in [0.4, 0.5) is 0 Å². The number of carbonyl (C=O) groups excluding carboxylic acids is 2. The maximum atomic E-state index is 12.8. The Morgan fingerprint density at radius 1 is 1.12 bits per heavy atom. The Labute approximate surface area is 199 Å². The second-order valence-corrected chi connectivity index (χ2v) is 8.69. The van der Waals surface area contributed by atoms with E-state index in [-0.39, 0.29) is 24.8 Å². The van der Waals surface area contributed by atoms with Gasteiger partial charge >= 0.3 is 0 Å². The van der Waals surface area contributed by atoms with Gasteiger partial charge in [-0.3, -0.25) is 9.59 Å². The average molecular weight is 462 g/mol. The van der Waals surface area contributed by atoms with Gasteiger partial charge in [-0.25, -0.2) is 0 Å². The molecule has 2 amide bonds. The molecule has 2 aromatic carbocycles. The number of hydrogen-bond donors (Lipinski definition) is 1. The van der Waals surface area contributed by atoms with Crippen molar-refractivity contribution in [2.75, 3.05) is 27.3 Å². The second kappa shape index (κ2) is 10.0. The fourth-order valence-electron chi connectivity index (χ4n) is 4.35. The molecule has 0 saturated carbocycles. The van der Waals surface area contributed by atoms with Crippen LogP contribution < -0.4 is 14.8 Å². The Morgan fingerprint density at radius 2 is 1.85 bits per heavy atom. The van der Waals surface area contributed by atoms with Crippen LogP contribution in [0.25, 0.3) is 17.0 Å². The molecule has 0 fully saturated rings. The number of para-hydroxylation sites is 1. The van der Waals surface area contributed by atoms with E-state index in [4.69, 9.17) is 9.47 Å². The number of carbonyl (C=O) groups is 2. The van der Waals surface area contributed by atoms with Gasteiger partial charge in [0.2, 0.25) is 11.8 Å². The molecular weight excluding hydrogens is 430 g/mol. The monoisotopic (exact) mass is 461 g/mol. The molecule has 0 spiro atoms. The van der Waals surface area contributed by atoms with Gasteiger partial charge in [0.25, 0.3) is 0 Å². The summed E-state index contributed by atoms with van der Waals surface area (Å²) in [6.45, 7) is 4.80. The lowest BCUT2D eigenvalue weighted by Crippen LogP contribution is -2.38. The first-order valence-electron chi connectivity index (χ1n) is 11.5. The van der Waals surface area contributed by atoms with Crippen molar-refractivity contribution >= 4 is 28.8 Å². The van der Waals surface area contributed by atoms with Crippen molar-refractivity contribution in [3.05, 3.63) is 65.5 Å². The zero-order valence-electron chi connectivity index (χ0n) is 20.1. The molecule has 0 atom stereocenters. The number of nitrogens with zero attached hydrogens (tertiary/aromatic N) is 2. The first kappa shape index (κ1) is 23.4. The van der Waals surface area contributed by atoms with Gasteiger partial charge in [-0.2, -0.15) is 0 Å². The van der Waals surface area contributed by atoms with Crippen molar-refractivity contribution in [2.24, 2.45) is 0 Å². The molecular formula is C27H31N3O4. The number of aromatic nitrogens is 1. The van der Waals surface area contributed by atoms with Gasteiger partial charge in [0, 0.05) is 35.9 Å². The predicted octanol–water partition coefficient (Wildman–Crippen LogP) is 3.95. The van der Waals surface area contributed by atoms with E-state index in [1.807, 2.05) is 30.3 Å². The van der Waals surface area contributed by atoms with Gasteiger partial charge in [-0.1, -0.05) is 18.2 Å². The van der Waals surface area contributed by atoms with Crippen LogP contribution in [0.5, 0.6) is 11.5 Å². The number of ether oxygens (including phenoxy) is 2. The molecule has 7 heteroatoms. The minimum absolute atomic E-state index is 0.0225. The van der Waals surface area contributed by atoms with E-state index in [0.29, 0.717) is 24.1 Å². The van der Waals surface area contributed by atoms with Crippen LogP contribution in [0.15, 0.2) is 48.8 Å². The summed E-state index contributed by atoms with van der Waals surface area (Å²) in [5.74, 6) is 0.847. The van der Waals surface area contributed by atoms with Crippen LogP contribution >= 0.6 is 0 Å². The average Bonchev–Trinajstić information content (AvgIpc) is 3.13. The highest BCUT2D eigenvalue weighted by atomic mass is 16.5. The zero-order chi connectivity index (χ0) is 24.2. The summed E-state index contributed by atoms with van der Waals surface area (Å²) in [4.78, 5) is 26.9. The third-order valence-corrected chi connectivity index (χ3v) is 6.15. The van der Waals surface area contributed by atoms with Crippen LogP contribution in [0.2, 0.25) is 0 Å². The molecule has 2 heterocycles.